The zero-order chi connectivity index (χ0) is 22.4. The largest absolute Gasteiger partial charge is 0.369 e. The average Bonchev–Trinajstić information content (AvgIpc) is 2.91. The van der Waals surface area contributed by atoms with Crippen molar-refractivity contribution in [1.29, 1.82) is 0 Å². The molecule has 0 bridgehead atoms. The highest BCUT2D eigenvalue weighted by atomic mass is 16.2. The number of anilines is 1. The third kappa shape index (κ3) is 5.84. The number of nitrogens with one attached hydrogen (secondary N) is 2. The number of hydrogen-bond acceptors (Lipinski definition) is 4. The van der Waals surface area contributed by atoms with Gasteiger partial charge in [-0.1, -0.05) is 56.3 Å². The second kappa shape index (κ2) is 9.64. The van der Waals surface area contributed by atoms with Crippen molar-refractivity contribution in [2.45, 2.75) is 45.7 Å². The number of rotatable bonds is 8. The summed E-state index contributed by atoms with van der Waals surface area (Å²) in [5, 5.41) is 5.70. The lowest BCUT2D eigenvalue weighted by Crippen LogP contribution is -2.43. The van der Waals surface area contributed by atoms with Crippen LogP contribution in [0.5, 0.6) is 0 Å². The normalized spacial score (nSPS) is 18.3. The summed E-state index contributed by atoms with van der Waals surface area (Å²) in [5.74, 6) is 0.485. The molecule has 0 spiro atoms. The molecule has 3 amide bonds. The molecule has 0 saturated heterocycles. The Kier molecular flexibility index (Phi) is 6.95. The SMILES string of the molecule is CC(C)CC1(C)N=C(N)N(Cc2cccc(NC(=O)NCCc3ccccc3)c2)C1=O. The minimum absolute atomic E-state index is 0.0873. The number of carbonyl (C=O) groups excluding carboxylic acids is 2. The Balaban J connectivity index is 1.56. The van der Waals surface area contributed by atoms with Crippen LogP contribution in [0.2, 0.25) is 0 Å². The molecule has 1 atom stereocenters. The van der Waals surface area contributed by atoms with Crippen molar-refractivity contribution in [3.8, 4) is 0 Å². The van der Waals surface area contributed by atoms with Crippen molar-refractivity contribution < 1.29 is 9.59 Å². The van der Waals surface area contributed by atoms with E-state index in [1.54, 1.807) is 0 Å². The molecule has 0 radical (unpaired) electrons. The third-order valence-corrected chi connectivity index (χ3v) is 5.22. The van der Waals surface area contributed by atoms with E-state index in [0.717, 1.165) is 12.0 Å². The minimum Gasteiger partial charge on any atom is -0.369 e. The number of carbonyl (C=O) groups is 2. The zero-order valence-electron chi connectivity index (χ0n) is 18.4. The third-order valence-electron chi connectivity index (χ3n) is 5.22. The van der Waals surface area contributed by atoms with Crippen molar-refractivity contribution in [3.63, 3.8) is 0 Å². The quantitative estimate of drug-likeness (QED) is 0.608. The first-order valence-corrected chi connectivity index (χ1v) is 10.6. The molecule has 2 aromatic rings. The van der Waals surface area contributed by atoms with Crippen LogP contribution in [-0.4, -0.2) is 34.9 Å². The second-order valence-electron chi connectivity index (χ2n) is 8.55. The van der Waals surface area contributed by atoms with Crippen molar-refractivity contribution >= 4 is 23.6 Å². The number of aliphatic imine (C=N–C) groups is 1. The zero-order valence-corrected chi connectivity index (χ0v) is 18.4. The van der Waals surface area contributed by atoms with E-state index in [9.17, 15) is 9.59 Å². The molecule has 1 unspecified atom stereocenters. The van der Waals surface area contributed by atoms with Crippen LogP contribution in [0, 0.1) is 5.92 Å². The molecular formula is C24H31N5O2. The summed E-state index contributed by atoms with van der Waals surface area (Å²) >= 11 is 0. The van der Waals surface area contributed by atoms with E-state index in [1.165, 1.54) is 10.5 Å². The van der Waals surface area contributed by atoms with Crippen LogP contribution in [0.1, 0.15) is 38.3 Å². The lowest BCUT2D eigenvalue weighted by Gasteiger charge is -2.23. The second-order valence-corrected chi connectivity index (χ2v) is 8.55. The van der Waals surface area contributed by atoms with Gasteiger partial charge < -0.3 is 16.4 Å². The minimum atomic E-state index is -0.813. The smallest absolute Gasteiger partial charge is 0.319 e. The fourth-order valence-electron chi connectivity index (χ4n) is 3.91. The molecule has 4 N–H and O–H groups in total. The van der Waals surface area contributed by atoms with Crippen LogP contribution in [0.3, 0.4) is 0 Å². The van der Waals surface area contributed by atoms with Crippen LogP contribution < -0.4 is 16.4 Å². The summed E-state index contributed by atoms with van der Waals surface area (Å²) in [6.45, 7) is 6.81. The Hall–Kier alpha value is -3.35. The molecule has 164 valence electrons. The van der Waals surface area contributed by atoms with Gasteiger partial charge in [0.2, 0.25) is 0 Å². The molecule has 2 aromatic carbocycles. The van der Waals surface area contributed by atoms with Crippen LogP contribution in [0.25, 0.3) is 0 Å². The molecule has 3 rings (SSSR count). The molecule has 0 aromatic heterocycles. The number of benzene rings is 2. The molecule has 31 heavy (non-hydrogen) atoms. The van der Waals surface area contributed by atoms with Crippen molar-refractivity contribution in [2.24, 2.45) is 16.6 Å². The summed E-state index contributed by atoms with van der Waals surface area (Å²) in [5.41, 5.74) is 7.94. The first-order chi connectivity index (χ1) is 14.8. The van der Waals surface area contributed by atoms with Gasteiger partial charge in [0, 0.05) is 12.2 Å². The maximum Gasteiger partial charge on any atom is 0.319 e. The van der Waals surface area contributed by atoms with Gasteiger partial charge in [-0.3, -0.25) is 9.69 Å². The number of nitrogens with zero attached hydrogens (tertiary/aromatic N) is 2. The maximum atomic E-state index is 12.9. The molecule has 1 aliphatic heterocycles. The Morgan fingerprint density at radius 3 is 2.55 bits per heavy atom. The molecule has 0 saturated carbocycles. The standard InChI is InChI=1S/C24H31N5O2/c1-17(2)15-24(3)21(30)29(22(25)28-24)16-19-10-7-11-20(14-19)27-23(31)26-13-12-18-8-5-4-6-9-18/h4-11,14,17H,12-13,15-16H2,1-3H3,(H2,25,28)(H2,26,27,31). The van der Waals surface area contributed by atoms with E-state index in [1.807, 2.05) is 61.5 Å². The summed E-state index contributed by atoms with van der Waals surface area (Å²) < 4.78 is 0. The van der Waals surface area contributed by atoms with E-state index in [4.69, 9.17) is 5.73 Å². The summed E-state index contributed by atoms with van der Waals surface area (Å²) in [6.07, 6.45) is 1.41. The maximum absolute atomic E-state index is 12.9. The van der Waals surface area contributed by atoms with Gasteiger partial charge in [0.25, 0.3) is 5.91 Å². The van der Waals surface area contributed by atoms with Gasteiger partial charge in [-0.25, -0.2) is 9.79 Å². The van der Waals surface area contributed by atoms with Crippen LogP contribution in [0.15, 0.2) is 59.6 Å². The van der Waals surface area contributed by atoms with Gasteiger partial charge in [-0.2, -0.15) is 0 Å². The lowest BCUT2D eigenvalue weighted by molar-refractivity contribution is -0.131. The van der Waals surface area contributed by atoms with Gasteiger partial charge in [-0.05, 0) is 48.9 Å². The number of nitrogens with two attached hydrogens (primary N) is 1. The highest BCUT2D eigenvalue weighted by Gasteiger charge is 2.43. The van der Waals surface area contributed by atoms with E-state index in [-0.39, 0.29) is 17.9 Å². The first kappa shape index (κ1) is 22.3. The number of amides is 3. The van der Waals surface area contributed by atoms with Crippen LogP contribution in [-0.2, 0) is 17.8 Å². The fraction of sp³-hybridized carbons (Fsp3) is 0.375. The number of hydrogen-bond donors (Lipinski definition) is 3. The molecular weight excluding hydrogens is 390 g/mol. The average molecular weight is 422 g/mol. The summed E-state index contributed by atoms with van der Waals surface area (Å²) in [6, 6.07) is 17.1. The predicted molar refractivity (Wildman–Crippen MR) is 124 cm³/mol. The molecule has 0 fully saturated rings. The topological polar surface area (TPSA) is 99.8 Å². The molecule has 7 heteroatoms. The molecule has 1 heterocycles. The summed E-state index contributed by atoms with van der Waals surface area (Å²) in [4.78, 5) is 31.1. The van der Waals surface area contributed by atoms with Gasteiger partial charge in [-0.15, -0.1) is 0 Å². The van der Waals surface area contributed by atoms with Gasteiger partial charge >= 0.3 is 6.03 Å². The van der Waals surface area contributed by atoms with Crippen LogP contribution in [0.4, 0.5) is 10.5 Å². The summed E-state index contributed by atoms with van der Waals surface area (Å²) in [7, 11) is 0. The first-order valence-electron chi connectivity index (χ1n) is 10.6. The highest BCUT2D eigenvalue weighted by molar-refractivity contribution is 6.06. The van der Waals surface area contributed by atoms with E-state index in [2.05, 4.69) is 29.5 Å². The Labute approximate surface area is 183 Å². The van der Waals surface area contributed by atoms with Gasteiger partial charge in [0.15, 0.2) is 5.96 Å². The number of guanidine groups is 1. The van der Waals surface area contributed by atoms with Gasteiger partial charge in [0.05, 0.1) is 6.54 Å². The highest BCUT2D eigenvalue weighted by Crippen LogP contribution is 2.29. The van der Waals surface area contributed by atoms with E-state index < -0.39 is 5.54 Å². The van der Waals surface area contributed by atoms with Crippen molar-refractivity contribution in [1.82, 2.24) is 10.2 Å². The monoisotopic (exact) mass is 421 g/mol. The Bertz CT molecular complexity index is 957. The fourth-order valence-corrected chi connectivity index (χ4v) is 3.91. The lowest BCUT2D eigenvalue weighted by atomic mass is 9.91. The Morgan fingerprint density at radius 1 is 1.13 bits per heavy atom. The predicted octanol–water partition coefficient (Wildman–Crippen LogP) is 3.51. The van der Waals surface area contributed by atoms with Crippen molar-refractivity contribution in [2.75, 3.05) is 11.9 Å². The van der Waals surface area contributed by atoms with E-state index >= 15 is 0 Å². The van der Waals surface area contributed by atoms with Gasteiger partial charge in [0.1, 0.15) is 5.54 Å². The van der Waals surface area contributed by atoms with E-state index in [0.29, 0.717) is 31.1 Å². The van der Waals surface area contributed by atoms with Crippen LogP contribution >= 0.6 is 0 Å². The van der Waals surface area contributed by atoms with Crippen molar-refractivity contribution in [3.05, 3.63) is 65.7 Å². The molecule has 7 nitrogen and oxygen atoms in total. The molecule has 0 aliphatic carbocycles. The molecule has 1 aliphatic rings. The number of urea groups is 1. The Morgan fingerprint density at radius 2 is 1.84 bits per heavy atom.